The quantitative estimate of drug-likeness (QED) is 0.381. The number of hydrogen-bond acceptors (Lipinski definition) is 6. The normalized spacial score (nSPS) is 17.7. The molecule has 1 fully saturated rings. The topological polar surface area (TPSA) is 108 Å². The highest BCUT2D eigenvalue weighted by Crippen LogP contribution is 2.31. The van der Waals surface area contributed by atoms with Gasteiger partial charge in [0.05, 0.1) is 10.9 Å². The van der Waals surface area contributed by atoms with E-state index in [0.29, 0.717) is 18.4 Å². The van der Waals surface area contributed by atoms with Gasteiger partial charge in [0.25, 0.3) is 0 Å². The lowest BCUT2D eigenvalue weighted by atomic mass is 9.93. The number of carboxylic acids is 1. The molecule has 1 saturated carbocycles. The molecule has 2 heterocycles. The minimum absolute atomic E-state index is 0.0613. The Balaban J connectivity index is 1.70. The van der Waals surface area contributed by atoms with Gasteiger partial charge < -0.3 is 15.7 Å². The van der Waals surface area contributed by atoms with Gasteiger partial charge in [-0.15, -0.1) is 0 Å². The molecule has 3 rings (SSSR count). The average molecular weight is 490 g/mol. The van der Waals surface area contributed by atoms with Gasteiger partial charge in [0.15, 0.2) is 0 Å². The maximum Gasteiger partial charge on any atom is 0.326 e. The molecule has 0 bridgehead atoms. The molecule has 9 heteroatoms. The minimum Gasteiger partial charge on any atom is -0.480 e. The predicted octanol–water partition coefficient (Wildman–Crippen LogP) is 3.70. The number of thiophene rings is 1. The molecule has 1 aliphatic carbocycles. The number of carbonyl (C=O) groups excluding carboxylic acids is 2. The van der Waals surface area contributed by atoms with E-state index in [2.05, 4.69) is 28.2 Å². The van der Waals surface area contributed by atoms with Crippen molar-refractivity contribution in [1.82, 2.24) is 15.6 Å². The molecule has 3 atom stereocenters. The molecule has 2 amide bonds. The number of nitrogens with zero attached hydrogens (tertiary/aromatic N) is 1. The highest BCUT2D eigenvalue weighted by molar-refractivity contribution is 7.81. The van der Waals surface area contributed by atoms with Crippen LogP contribution in [-0.2, 0) is 20.8 Å². The molecular formula is C24H31N3O4S2. The van der Waals surface area contributed by atoms with Gasteiger partial charge in [-0.05, 0) is 41.8 Å². The van der Waals surface area contributed by atoms with Crippen molar-refractivity contribution in [1.29, 1.82) is 0 Å². The molecule has 3 N–H and O–H groups in total. The summed E-state index contributed by atoms with van der Waals surface area (Å²) in [6, 6.07) is 4.52. The lowest BCUT2D eigenvalue weighted by Crippen LogP contribution is -2.61. The molecule has 0 aromatic carbocycles. The summed E-state index contributed by atoms with van der Waals surface area (Å²) in [6.07, 6.45) is 5.08. The van der Waals surface area contributed by atoms with E-state index in [4.69, 9.17) is 0 Å². The maximum absolute atomic E-state index is 13.3. The first-order valence-corrected chi connectivity index (χ1v) is 12.7. The first kappa shape index (κ1) is 25.2. The fraction of sp³-hybridized carbons (Fsp3) is 0.500. The summed E-state index contributed by atoms with van der Waals surface area (Å²) in [5, 5.41) is 18.8. The third-order valence-corrected chi connectivity index (χ3v) is 7.82. The van der Waals surface area contributed by atoms with Crippen molar-refractivity contribution in [3.05, 3.63) is 40.7 Å². The Labute approximate surface area is 203 Å². The summed E-state index contributed by atoms with van der Waals surface area (Å²) >= 11 is 6.01. The Morgan fingerprint density at radius 3 is 2.52 bits per heavy atom. The fourth-order valence-electron chi connectivity index (χ4n) is 4.04. The molecule has 2 unspecified atom stereocenters. The molecule has 178 valence electrons. The number of hydrogen-bond donors (Lipinski definition) is 4. The number of aromatic nitrogens is 1. The van der Waals surface area contributed by atoms with Gasteiger partial charge in [-0.25, -0.2) is 4.79 Å². The molecule has 0 spiro atoms. The largest absolute Gasteiger partial charge is 0.480 e. The van der Waals surface area contributed by atoms with Crippen LogP contribution in [0.2, 0.25) is 0 Å². The van der Waals surface area contributed by atoms with E-state index in [1.807, 2.05) is 42.8 Å². The molecule has 7 nitrogen and oxygen atoms in total. The van der Waals surface area contributed by atoms with E-state index in [9.17, 15) is 19.5 Å². The zero-order valence-corrected chi connectivity index (χ0v) is 20.6. The van der Waals surface area contributed by atoms with Gasteiger partial charge in [0, 0.05) is 23.6 Å². The Bertz CT molecular complexity index is 957. The summed E-state index contributed by atoms with van der Waals surface area (Å²) < 4.78 is 0. The summed E-state index contributed by atoms with van der Waals surface area (Å²) in [4.78, 5) is 42.4. The fourth-order valence-corrected chi connectivity index (χ4v) is 4.96. The summed E-state index contributed by atoms with van der Waals surface area (Å²) in [5.74, 6) is -1.80. The highest BCUT2D eigenvalue weighted by Gasteiger charge is 2.44. The predicted molar refractivity (Wildman–Crippen MR) is 132 cm³/mol. The van der Waals surface area contributed by atoms with Crippen molar-refractivity contribution < 1.29 is 19.5 Å². The summed E-state index contributed by atoms with van der Waals surface area (Å²) in [7, 11) is 0. The Kier molecular flexibility index (Phi) is 8.53. The number of amides is 2. The number of pyridine rings is 1. The van der Waals surface area contributed by atoms with Crippen molar-refractivity contribution in [2.24, 2.45) is 5.92 Å². The van der Waals surface area contributed by atoms with Crippen LogP contribution < -0.4 is 10.6 Å². The number of carboxylic acid groups (broad SMARTS) is 1. The van der Waals surface area contributed by atoms with Crippen LogP contribution in [0.15, 0.2) is 35.2 Å². The van der Waals surface area contributed by atoms with E-state index in [0.717, 1.165) is 30.5 Å². The van der Waals surface area contributed by atoms with Crippen molar-refractivity contribution in [3.8, 4) is 11.3 Å². The number of nitrogens with one attached hydrogen (secondary N) is 2. The minimum atomic E-state index is -1.13. The van der Waals surface area contributed by atoms with Crippen molar-refractivity contribution in [3.63, 3.8) is 0 Å². The van der Waals surface area contributed by atoms with Crippen LogP contribution >= 0.6 is 24.0 Å². The van der Waals surface area contributed by atoms with Crippen LogP contribution in [0.4, 0.5) is 0 Å². The third-order valence-electron chi connectivity index (χ3n) is 6.39. The SMILES string of the molecule is CC[C@H](C)C(S)C(=O)NC1(C(=O)NC(Cc2ccc(-c3ccsc3)nc2)C(=O)O)CCCC1. The van der Waals surface area contributed by atoms with E-state index >= 15 is 0 Å². The molecule has 1 aliphatic rings. The zero-order chi connectivity index (χ0) is 24.0. The Morgan fingerprint density at radius 1 is 1.24 bits per heavy atom. The second kappa shape index (κ2) is 11.2. The zero-order valence-electron chi connectivity index (χ0n) is 18.9. The second-order valence-electron chi connectivity index (χ2n) is 8.74. The van der Waals surface area contributed by atoms with E-state index in [1.54, 1.807) is 17.5 Å². The van der Waals surface area contributed by atoms with Crippen molar-refractivity contribution in [2.45, 2.75) is 69.2 Å². The van der Waals surface area contributed by atoms with Gasteiger partial charge in [-0.1, -0.05) is 39.2 Å². The number of carbonyl (C=O) groups is 3. The molecule has 0 aliphatic heterocycles. The number of thiol groups is 1. The smallest absolute Gasteiger partial charge is 0.326 e. The Morgan fingerprint density at radius 2 is 1.97 bits per heavy atom. The van der Waals surface area contributed by atoms with Crippen LogP contribution in [0.25, 0.3) is 11.3 Å². The van der Waals surface area contributed by atoms with Crippen LogP contribution in [0, 0.1) is 5.92 Å². The van der Waals surface area contributed by atoms with Crippen molar-refractivity contribution in [2.75, 3.05) is 0 Å². The first-order chi connectivity index (χ1) is 15.8. The second-order valence-corrected chi connectivity index (χ2v) is 10.1. The van der Waals surface area contributed by atoms with Gasteiger partial charge >= 0.3 is 5.97 Å². The molecule has 0 radical (unpaired) electrons. The average Bonchev–Trinajstić information content (AvgIpc) is 3.51. The van der Waals surface area contributed by atoms with E-state index in [-0.39, 0.29) is 18.2 Å². The van der Waals surface area contributed by atoms with Gasteiger partial charge in [-0.2, -0.15) is 24.0 Å². The summed E-state index contributed by atoms with van der Waals surface area (Å²) in [6.45, 7) is 3.93. The Hall–Kier alpha value is -2.39. The van der Waals surface area contributed by atoms with Gasteiger partial charge in [0.1, 0.15) is 11.6 Å². The van der Waals surface area contributed by atoms with Crippen LogP contribution in [-0.4, -0.2) is 44.7 Å². The lowest BCUT2D eigenvalue weighted by Gasteiger charge is -2.32. The molecule has 2 aromatic rings. The van der Waals surface area contributed by atoms with Crippen LogP contribution in [0.1, 0.15) is 51.5 Å². The van der Waals surface area contributed by atoms with Crippen LogP contribution in [0.3, 0.4) is 0 Å². The third kappa shape index (κ3) is 6.14. The maximum atomic E-state index is 13.3. The monoisotopic (exact) mass is 489 g/mol. The summed E-state index contributed by atoms with van der Waals surface area (Å²) in [5.41, 5.74) is 1.43. The molecule has 2 aromatic heterocycles. The molecular weight excluding hydrogens is 458 g/mol. The first-order valence-electron chi connectivity index (χ1n) is 11.3. The number of aliphatic carboxylic acids is 1. The lowest BCUT2D eigenvalue weighted by molar-refractivity contribution is -0.143. The van der Waals surface area contributed by atoms with E-state index in [1.165, 1.54) is 0 Å². The van der Waals surface area contributed by atoms with Crippen molar-refractivity contribution >= 4 is 41.7 Å². The van der Waals surface area contributed by atoms with Gasteiger partial charge in [0.2, 0.25) is 11.8 Å². The highest BCUT2D eigenvalue weighted by atomic mass is 32.1. The standard InChI is InChI=1S/C24H31N3O4S2/c1-3-15(2)20(32)21(28)27-24(9-4-5-10-24)23(31)26-19(22(29)30)12-16-6-7-18(25-13-16)17-8-11-33-14-17/h6-8,11,13-15,19-20,32H,3-5,9-10,12H2,1-2H3,(H,26,31)(H,27,28)(H,29,30)/t15-,19?,20?/m0/s1. The van der Waals surface area contributed by atoms with Crippen LogP contribution in [0.5, 0.6) is 0 Å². The number of rotatable bonds is 10. The van der Waals surface area contributed by atoms with Gasteiger partial charge in [-0.3, -0.25) is 14.6 Å². The molecule has 0 saturated heterocycles. The van der Waals surface area contributed by atoms with E-state index < -0.39 is 28.7 Å². The molecule has 33 heavy (non-hydrogen) atoms.